The smallest absolute Gasteiger partial charge is 0.239 e. The molecule has 1 atom stereocenters. The number of carbonyl (C=O) groups is 1. The summed E-state index contributed by atoms with van der Waals surface area (Å²) >= 11 is 1.47. The lowest BCUT2D eigenvalue weighted by Crippen LogP contribution is -2.23. The van der Waals surface area contributed by atoms with Crippen molar-refractivity contribution in [3.05, 3.63) is 29.3 Å². The number of nitrogens with one attached hydrogen (secondary N) is 1. The van der Waals surface area contributed by atoms with E-state index in [0.29, 0.717) is 5.17 Å². The van der Waals surface area contributed by atoms with Gasteiger partial charge in [0.1, 0.15) is 0 Å². The molecular weight excluding hydrogens is 220 g/mol. The molecule has 0 aromatic heterocycles. The lowest BCUT2D eigenvalue weighted by atomic mass is 10.1. The van der Waals surface area contributed by atoms with Gasteiger partial charge >= 0.3 is 0 Å². The van der Waals surface area contributed by atoms with Crippen LogP contribution in [0.2, 0.25) is 0 Å². The third-order valence-corrected chi connectivity index (χ3v) is 3.46. The van der Waals surface area contributed by atoms with E-state index >= 15 is 0 Å². The Labute approximate surface area is 99.3 Å². The third kappa shape index (κ3) is 2.27. The highest BCUT2D eigenvalue weighted by Gasteiger charge is 2.25. The van der Waals surface area contributed by atoms with Crippen LogP contribution >= 0.6 is 11.8 Å². The molecule has 0 unspecified atom stereocenters. The third-order valence-electron chi connectivity index (χ3n) is 2.47. The second-order valence-electron chi connectivity index (χ2n) is 3.96. The van der Waals surface area contributed by atoms with Gasteiger partial charge in [0.05, 0.1) is 10.9 Å². The van der Waals surface area contributed by atoms with Gasteiger partial charge in [-0.3, -0.25) is 4.79 Å². The van der Waals surface area contributed by atoms with E-state index in [0.717, 1.165) is 11.3 Å². The number of aryl methyl sites for hydroxylation is 2. The van der Waals surface area contributed by atoms with Gasteiger partial charge < -0.3 is 5.32 Å². The highest BCUT2D eigenvalue weighted by Crippen LogP contribution is 2.25. The van der Waals surface area contributed by atoms with E-state index in [1.807, 2.05) is 32.9 Å². The summed E-state index contributed by atoms with van der Waals surface area (Å²) in [6, 6.07) is 6.12. The molecule has 1 aliphatic rings. The van der Waals surface area contributed by atoms with E-state index in [1.165, 1.54) is 17.3 Å². The van der Waals surface area contributed by atoms with Crippen LogP contribution in [0.4, 0.5) is 5.69 Å². The molecule has 1 aliphatic heterocycles. The minimum Gasteiger partial charge on any atom is -0.304 e. The molecule has 4 heteroatoms. The molecule has 0 radical (unpaired) electrons. The van der Waals surface area contributed by atoms with Crippen molar-refractivity contribution in [2.24, 2.45) is 4.99 Å². The zero-order chi connectivity index (χ0) is 11.7. The number of carbonyl (C=O) groups excluding carboxylic acids is 1. The van der Waals surface area contributed by atoms with Crippen LogP contribution in [0.1, 0.15) is 18.1 Å². The van der Waals surface area contributed by atoms with Crippen LogP contribution in [0.3, 0.4) is 0 Å². The molecule has 1 aromatic rings. The summed E-state index contributed by atoms with van der Waals surface area (Å²) in [7, 11) is 0. The molecule has 0 saturated carbocycles. The Morgan fingerprint density at radius 3 is 2.75 bits per heavy atom. The monoisotopic (exact) mass is 234 g/mol. The number of benzene rings is 1. The largest absolute Gasteiger partial charge is 0.304 e. The van der Waals surface area contributed by atoms with Crippen LogP contribution in [-0.4, -0.2) is 16.3 Å². The summed E-state index contributed by atoms with van der Waals surface area (Å²) in [6.45, 7) is 5.93. The van der Waals surface area contributed by atoms with Gasteiger partial charge in [0.25, 0.3) is 0 Å². The Morgan fingerprint density at radius 2 is 2.12 bits per heavy atom. The normalized spacial score (nSPS) is 22.6. The van der Waals surface area contributed by atoms with Gasteiger partial charge in [-0.1, -0.05) is 23.9 Å². The molecule has 2 rings (SSSR count). The quantitative estimate of drug-likeness (QED) is 0.811. The number of nitrogens with zero attached hydrogens (tertiary/aromatic N) is 1. The first kappa shape index (κ1) is 11.2. The first-order valence-electron chi connectivity index (χ1n) is 5.20. The van der Waals surface area contributed by atoms with Crippen LogP contribution < -0.4 is 5.32 Å². The molecule has 16 heavy (non-hydrogen) atoms. The number of aliphatic imine (C=N–C) groups is 1. The van der Waals surface area contributed by atoms with Gasteiger partial charge in [-0.25, -0.2) is 4.99 Å². The van der Waals surface area contributed by atoms with Gasteiger partial charge in [0.15, 0.2) is 5.17 Å². The van der Waals surface area contributed by atoms with E-state index in [4.69, 9.17) is 0 Å². The fourth-order valence-electron chi connectivity index (χ4n) is 1.46. The number of hydrogen-bond acceptors (Lipinski definition) is 3. The zero-order valence-electron chi connectivity index (χ0n) is 9.57. The van der Waals surface area contributed by atoms with Crippen LogP contribution in [-0.2, 0) is 4.79 Å². The average molecular weight is 234 g/mol. The topological polar surface area (TPSA) is 41.5 Å². The summed E-state index contributed by atoms with van der Waals surface area (Å²) in [5, 5.41) is 3.43. The summed E-state index contributed by atoms with van der Waals surface area (Å²) in [5.74, 6) is 0.0362. The van der Waals surface area contributed by atoms with E-state index in [1.54, 1.807) is 0 Å². The minimum atomic E-state index is -0.0381. The second-order valence-corrected chi connectivity index (χ2v) is 5.29. The van der Waals surface area contributed by atoms with Crippen LogP contribution in [0.25, 0.3) is 0 Å². The maximum Gasteiger partial charge on any atom is 0.239 e. The maximum absolute atomic E-state index is 11.3. The second kappa shape index (κ2) is 4.29. The number of amides is 1. The van der Waals surface area contributed by atoms with E-state index < -0.39 is 0 Å². The van der Waals surface area contributed by atoms with Crippen molar-refractivity contribution in [1.29, 1.82) is 0 Å². The first-order valence-corrected chi connectivity index (χ1v) is 6.07. The molecule has 0 aliphatic carbocycles. The van der Waals surface area contributed by atoms with Crippen LogP contribution in [0, 0.1) is 13.8 Å². The van der Waals surface area contributed by atoms with Crippen molar-refractivity contribution in [1.82, 2.24) is 5.32 Å². The number of thioether (sulfide) groups is 1. The fraction of sp³-hybridized carbons (Fsp3) is 0.333. The highest BCUT2D eigenvalue weighted by atomic mass is 32.2. The lowest BCUT2D eigenvalue weighted by molar-refractivity contribution is -0.118. The van der Waals surface area contributed by atoms with E-state index in [9.17, 15) is 4.79 Å². The summed E-state index contributed by atoms with van der Waals surface area (Å²) in [4.78, 5) is 15.8. The van der Waals surface area contributed by atoms with Gasteiger partial charge in [0, 0.05) is 0 Å². The molecule has 0 bridgehead atoms. The van der Waals surface area contributed by atoms with Crippen LogP contribution in [0.15, 0.2) is 23.2 Å². The number of hydrogen-bond donors (Lipinski definition) is 1. The predicted molar refractivity (Wildman–Crippen MR) is 68.2 cm³/mol. The Bertz CT molecular complexity index is 468. The van der Waals surface area contributed by atoms with E-state index in [-0.39, 0.29) is 11.2 Å². The van der Waals surface area contributed by atoms with Crippen LogP contribution in [0.5, 0.6) is 0 Å². The number of rotatable bonds is 1. The first-order chi connectivity index (χ1) is 7.56. The van der Waals surface area contributed by atoms with E-state index in [2.05, 4.69) is 16.4 Å². The molecule has 1 aromatic carbocycles. The van der Waals surface area contributed by atoms with Crippen molar-refractivity contribution in [3.63, 3.8) is 0 Å². The van der Waals surface area contributed by atoms with Gasteiger partial charge in [-0.05, 0) is 38.0 Å². The molecule has 1 amide bonds. The molecule has 84 valence electrons. The number of amidine groups is 1. The summed E-state index contributed by atoms with van der Waals surface area (Å²) in [5.41, 5.74) is 3.22. The molecule has 3 nitrogen and oxygen atoms in total. The average Bonchev–Trinajstić information content (AvgIpc) is 2.52. The van der Waals surface area contributed by atoms with Crippen molar-refractivity contribution in [3.8, 4) is 0 Å². The van der Waals surface area contributed by atoms with Crippen molar-refractivity contribution < 1.29 is 4.79 Å². The van der Waals surface area contributed by atoms with Crippen molar-refractivity contribution >= 4 is 28.5 Å². The SMILES string of the molecule is Cc1ccc(C)c(N=C2NC(=O)[C@H](C)S2)c1. The van der Waals surface area contributed by atoms with Gasteiger partial charge in [-0.2, -0.15) is 0 Å². The fourth-order valence-corrected chi connectivity index (χ4v) is 2.27. The molecule has 1 fully saturated rings. The molecule has 1 saturated heterocycles. The Kier molecular flexibility index (Phi) is 3.01. The van der Waals surface area contributed by atoms with Gasteiger partial charge in [-0.15, -0.1) is 0 Å². The predicted octanol–water partition coefficient (Wildman–Crippen LogP) is 2.54. The summed E-state index contributed by atoms with van der Waals surface area (Å²) < 4.78 is 0. The maximum atomic E-state index is 11.3. The lowest BCUT2D eigenvalue weighted by Gasteiger charge is -2.02. The highest BCUT2D eigenvalue weighted by molar-refractivity contribution is 8.15. The Hall–Kier alpha value is -1.29. The molecule has 1 heterocycles. The summed E-state index contributed by atoms with van der Waals surface area (Å²) in [6.07, 6.45) is 0. The molecule has 1 N–H and O–H groups in total. The standard InChI is InChI=1S/C12H14N2OS/c1-7-4-5-8(2)10(6-7)13-12-14-11(15)9(3)16-12/h4-6,9H,1-3H3,(H,13,14,15)/t9-/m0/s1. The Balaban J connectivity index is 2.30. The Morgan fingerprint density at radius 1 is 1.38 bits per heavy atom. The molecule has 0 spiro atoms. The van der Waals surface area contributed by atoms with Crippen molar-refractivity contribution in [2.75, 3.05) is 0 Å². The molecular formula is C12H14N2OS. The zero-order valence-corrected chi connectivity index (χ0v) is 10.4. The van der Waals surface area contributed by atoms with Gasteiger partial charge in [0.2, 0.25) is 5.91 Å². The minimum absolute atomic E-state index is 0.0362. The van der Waals surface area contributed by atoms with Crippen molar-refractivity contribution in [2.45, 2.75) is 26.0 Å².